The van der Waals surface area contributed by atoms with Crippen molar-refractivity contribution in [2.75, 3.05) is 0 Å². The molecule has 0 radical (unpaired) electrons. The Morgan fingerprint density at radius 1 is 0.867 bits per heavy atom. The second kappa shape index (κ2) is 4.92. The van der Waals surface area contributed by atoms with Crippen LogP contribution >= 0.6 is 0 Å². The number of aryl methyl sites for hydroxylation is 3. The summed E-state index contributed by atoms with van der Waals surface area (Å²) >= 11 is 0. The third-order valence-electron chi connectivity index (χ3n) is 2.65. The smallest absolute Gasteiger partial charge is 0.0736 e. The standard InChI is InChI=1S/C12H13N.C2H6/c1-8-4-5-11-9(2)6-7-13-12(11)10(8)3;1-2/h4-7H,1-3H3;1-2H3. The Labute approximate surface area is 92.2 Å². The van der Waals surface area contributed by atoms with Crippen molar-refractivity contribution in [1.29, 1.82) is 0 Å². The van der Waals surface area contributed by atoms with Crippen molar-refractivity contribution >= 4 is 10.9 Å². The lowest BCUT2D eigenvalue weighted by molar-refractivity contribution is 1.30. The molecule has 0 unspecified atom stereocenters. The zero-order valence-electron chi connectivity index (χ0n) is 10.3. The third-order valence-corrected chi connectivity index (χ3v) is 2.65. The number of benzene rings is 1. The molecule has 1 heterocycles. The van der Waals surface area contributed by atoms with Crippen molar-refractivity contribution in [1.82, 2.24) is 4.98 Å². The Morgan fingerprint density at radius 2 is 1.53 bits per heavy atom. The van der Waals surface area contributed by atoms with Crippen LogP contribution < -0.4 is 0 Å². The Balaban J connectivity index is 0.000000531. The fraction of sp³-hybridized carbons (Fsp3) is 0.357. The van der Waals surface area contributed by atoms with Crippen molar-refractivity contribution in [2.24, 2.45) is 0 Å². The quantitative estimate of drug-likeness (QED) is 0.623. The first kappa shape index (κ1) is 11.7. The molecule has 0 aliphatic carbocycles. The third kappa shape index (κ3) is 2.17. The SMILES string of the molecule is CC.Cc1ccc2c(C)ccnc2c1C. The zero-order chi connectivity index (χ0) is 11.4. The van der Waals surface area contributed by atoms with Crippen molar-refractivity contribution in [2.45, 2.75) is 34.6 Å². The van der Waals surface area contributed by atoms with Gasteiger partial charge in [-0.2, -0.15) is 0 Å². The minimum absolute atomic E-state index is 1.14. The number of fused-ring (bicyclic) bond motifs is 1. The highest BCUT2D eigenvalue weighted by Gasteiger charge is 2.02. The summed E-state index contributed by atoms with van der Waals surface area (Å²) < 4.78 is 0. The van der Waals surface area contributed by atoms with Gasteiger partial charge in [-0.25, -0.2) is 0 Å². The van der Waals surface area contributed by atoms with Crippen LogP contribution in [0.25, 0.3) is 10.9 Å². The van der Waals surface area contributed by atoms with Crippen LogP contribution in [-0.2, 0) is 0 Å². The molecular weight excluding hydrogens is 182 g/mol. The molecule has 0 atom stereocenters. The van der Waals surface area contributed by atoms with E-state index in [0.717, 1.165) is 5.52 Å². The summed E-state index contributed by atoms with van der Waals surface area (Å²) in [6.45, 7) is 10.4. The Kier molecular flexibility index (Phi) is 3.84. The van der Waals surface area contributed by atoms with E-state index in [1.165, 1.54) is 22.1 Å². The Bertz CT molecular complexity index is 458. The van der Waals surface area contributed by atoms with Crippen LogP contribution in [0.15, 0.2) is 24.4 Å². The highest BCUT2D eigenvalue weighted by atomic mass is 14.6. The molecule has 0 aliphatic heterocycles. The molecule has 1 nitrogen and oxygen atoms in total. The van der Waals surface area contributed by atoms with Crippen LogP contribution in [0, 0.1) is 20.8 Å². The molecule has 0 spiro atoms. The van der Waals surface area contributed by atoms with E-state index in [-0.39, 0.29) is 0 Å². The van der Waals surface area contributed by atoms with Gasteiger partial charge in [0.05, 0.1) is 5.52 Å². The molecule has 1 aromatic carbocycles. The minimum Gasteiger partial charge on any atom is -0.256 e. The zero-order valence-corrected chi connectivity index (χ0v) is 10.3. The number of nitrogens with zero attached hydrogens (tertiary/aromatic N) is 1. The maximum Gasteiger partial charge on any atom is 0.0736 e. The summed E-state index contributed by atoms with van der Waals surface area (Å²) in [5.41, 5.74) is 5.04. The maximum atomic E-state index is 4.40. The summed E-state index contributed by atoms with van der Waals surface area (Å²) in [5.74, 6) is 0. The predicted octanol–water partition coefficient (Wildman–Crippen LogP) is 4.19. The number of pyridine rings is 1. The number of hydrogen-bond acceptors (Lipinski definition) is 1. The van der Waals surface area contributed by atoms with E-state index in [1.54, 1.807) is 0 Å². The summed E-state index contributed by atoms with van der Waals surface area (Å²) in [4.78, 5) is 4.40. The van der Waals surface area contributed by atoms with Gasteiger partial charge >= 0.3 is 0 Å². The second-order valence-electron chi connectivity index (χ2n) is 3.53. The van der Waals surface area contributed by atoms with E-state index in [4.69, 9.17) is 0 Å². The molecule has 0 saturated carbocycles. The van der Waals surface area contributed by atoms with Gasteiger partial charge in [0.1, 0.15) is 0 Å². The molecule has 2 rings (SSSR count). The van der Waals surface area contributed by atoms with Crippen molar-refractivity contribution in [3.8, 4) is 0 Å². The normalized spacial score (nSPS) is 9.67. The van der Waals surface area contributed by atoms with Gasteiger partial charge < -0.3 is 0 Å². The topological polar surface area (TPSA) is 12.9 Å². The number of hydrogen-bond donors (Lipinski definition) is 0. The Morgan fingerprint density at radius 3 is 2.20 bits per heavy atom. The van der Waals surface area contributed by atoms with E-state index in [9.17, 15) is 0 Å². The monoisotopic (exact) mass is 201 g/mol. The molecule has 0 amide bonds. The van der Waals surface area contributed by atoms with Gasteiger partial charge in [0.2, 0.25) is 0 Å². The van der Waals surface area contributed by atoms with Crippen molar-refractivity contribution in [3.05, 3.63) is 41.1 Å². The lowest BCUT2D eigenvalue weighted by atomic mass is 10.0. The fourth-order valence-electron chi connectivity index (χ4n) is 1.60. The summed E-state index contributed by atoms with van der Waals surface area (Å²) in [6.07, 6.45) is 1.88. The molecule has 15 heavy (non-hydrogen) atoms. The number of rotatable bonds is 0. The molecule has 1 aromatic heterocycles. The Hall–Kier alpha value is -1.37. The summed E-state index contributed by atoms with van der Waals surface area (Å²) in [6, 6.07) is 6.36. The molecule has 0 bridgehead atoms. The van der Waals surface area contributed by atoms with Crippen LogP contribution in [0.1, 0.15) is 30.5 Å². The molecular formula is C14H19N. The first-order chi connectivity index (χ1) is 7.20. The van der Waals surface area contributed by atoms with Gasteiger partial charge in [-0.15, -0.1) is 0 Å². The lowest BCUT2D eigenvalue weighted by Gasteiger charge is -2.06. The summed E-state index contributed by atoms with van der Waals surface area (Å²) in [5, 5.41) is 1.27. The lowest BCUT2D eigenvalue weighted by Crippen LogP contribution is -1.88. The van der Waals surface area contributed by atoms with Crippen molar-refractivity contribution in [3.63, 3.8) is 0 Å². The van der Waals surface area contributed by atoms with Crippen LogP contribution in [0.5, 0.6) is 0 Å². The van der Waals surface area contributed by atoms with E-state index < -0.39 is 0 Å². The van der Waals surface area contributed by atoms with Crippen LogP contribution in [0.2, 0.25) is 0 Å². The van der Waals surface area contributed by atoms with E-state index in [1.807, 2.05) is 20.0 Å². The molecule has 80 valence electrons. The van der Waals surface area contributed by atoms with E-state index >= 15 is 0 Å². The highest BCUT2D eigenvalue weighted by Crippen LogP contribution is 2.21. The fourth-order valence-corrected chi connectivity index (χ4v) is 1.60. The largest absolute Gasteiger partial charge is 0.256 e. The molecule has 0 saturated heterocycles. The van der Waals surface area contributed by atoms with Gasteiger partial charge in [0, 0.05) is 11.6 Å². The van der Waals surface area contributed by atoms with Crippen LogP contribution in [0.4, 0.5) is 0 Å². The van der Waals surface area contributed by atoms with Gasteiger partial charge in [0.25, 0.3) is 0 Å². The first-order valence-corrected chi connectivity index (χ1v) is 5.51. The van der Waals surface area contributed by atoms with Gasteiger partial charge in [-0.1, -0.05) is 26.0 Å². The molecule has 1 heteroatoms. The average molecular weight is 201 g/mol. The first-order valence-electron chi connectivity index (χ1n) is 5.51. The van der Waals surface area contributed by atoms with Gasteiger partial charge in [0.15, 0.2) is 0 Å². The molecule has 0 fully saturated rings. The van der Waals surface area contributed by atoms with Crippen LogP contribution in [0.3, 0.4) is 0 Å². The number of aromatic nitrogens is 1. The predicted molar refractivity (Wildman–Crippen MR) is 67.3 cm³/mol. The maximum absolute atomic E-state index is 4.40. The van der Waals surface area contributed by atoms with Crippen molar-refractivity contribution < 1.29 is 0 Å². The minimum atomic E-state index is 1.14. The van der Waals surface area contributed by atoms with Crippen LogP contribution in [-0.4, -0.2) is 4.98 Å². The van der Waals surface area contributed by atoms with E-state index in [2.05, 4.69) is 44.0 Å². The highest BCUT2D eigenvalue weighted by molar-refractivity contribution is 5.85. The average Bonchev–Trinajstić information content (AvgIpc) is 2.27. The molecule has 0 aliphatic rings. The molecule has 0 N–H and O–H groups in total. The summed E-state index contributed by atoms with van der Waals surface area (Å²) in [7, 11) is 0. The van der Waals surface area contributed by atoms with Gasteiger partial charge in [-0.3, -0.25) is 4.98 Å². The van der Waals surface area contributed by atoms with E-state index in [0.29, 0.717) is 0 Å². The van der Waals surface area contributed by atoms with Gasteiger partial charge in [-0.05, 0) is 43.5 Å². The second-order valence-corrected chi connectivity index (χ2v) is 3.53. The molecule has 2 aromatic rings.